The van der Waals surface area contributed by atoms with E-state index in [9.17, 15) is 14.7 Å². The molecule has 106 valence electrons. The predicted molar refractivity (Wildman–Crippen MR) is 71.5 cm³/mol. The summed E-state index contributed by atoms with van der Waals surface area (Å²) in [6.45, 7) is 4.96. The molecule has 0 bridgehead atoms. The molecule has 1 unspecified atom stereocenters. The minimum Gasteiger partial charge on any atom is -0.480 e. The first-order chi connectivity index (χ1) is 9.37. The Kier molecular flexibility index (Phi) is 3.44. The number of aryl methyl sites for hydroxylation is 1. The zero-order chi connectivity index (χ0) is 14.9. The van der Waals surface area contributed by atoms with E-state index in [2.05, 4.69) is 15.5 Å². The predicted octanol–water partition coefficient (Wildman–Crippen LogP) is 1.02. The van der Waals surface area contributed by atoms with Gasteiger partial charge in [-0.05, 0) is 32.4 Å². The molecule has 2 N–H and O–H groups in total. The number of carboxylic acids is 1. The van der Waals surface area contributed by atoms with Crippen molar-refractivity contribution in [3.63, 3.8) is 0 Å². The van der Waals surface area contributed by atoms with Gasteiger partial charge in [-0.2, -0.15) is 0 Å². The molecule has 1 atom stereocenters. The van der Waals surface area contributed by atoms with Crippen molar-refractivity contribution in [1.82, 2.24) is 19.9 Å². The van der Waals surface area contributed by atoms with Crippen LogP contribution in [0.25, 0.3) is 5.65 Å². The van der Waals surface area contributed by atoms with Crippen molar-refractivity contribution in [3.8, 4) is 0 Å². The first-order valence-corrected chi connectivity index (χ1v) is 6.24. The lowest BCUT2D eigenvalue weighted by molar-refractivity contribution is -0.143. The van der Waals surface area contributed by atoms with Crippen LogP contribution in [0.3, 0.4) is 0 Å². The molecule has 0 saturated carbocycles. The molecule has 0 fully saturated rings. The second kappa shape index (κ2) is 4.92. The van der Waals surface area contributed by atoms with Crippen LogP contribution in [0.5, 0.6) is 0 Å². The maximum Gasteiger partial charge on any atom is 0.329 e. The maximum absolute atomic E-state index is 12.2. The van der Waals surface area contributed by atoms with Crippen LogP contribution in [0.1, 0.15) is 36.5 Å². The minimum absolute atomic E-state index is 0.294. The fourth-order valence-electron chi connectivity index (χ4n) is 1.76. The fraction of sp³-hybridized carbons (Fsp3) is 0.385. The second-order valence-corrected chi connectivity index (χ2v) is 4.84. The van der Waals surface area contributed by atoms with Gasteiger partial charge in [-0.3, -0.25) is 9.20 Å². The van der Waals surface area contributed by atoms with E-state index in [1.165, 1.54) is 6.92 Å². The van der Waals surface area contributed by atoms with Gasteiger partial charge in [0.25, 0.3) is 5.91 Å². The summed E-state index contributed by atoms with van der Waals surface area (Å²) in [7, 11) is 0. The molecule has 2 rings (SSSR count). The molecule has 0 saturated heterocycles. The number of nitrogens with zero attached hydrogens (tertiary/aromatic N) is 3. The quantitative estimate of drug-likeness (QED) is 0.869. The molecule has 0 radical (unpaired) electrons. The highest BCUT2D eigenvalue weighted by molar-refractivity contribution is 5.97. The molecule has 2 heterocycles. The molecule has 1 amide bonds. The smallest absolute Gasteiger partial charge is 0.329 e. The zero-order valence-corrected chi connectivity index (χ0v) is 11.5. The van der Waals surface area contributed by atoms with Gasteiger partial charge in [0.1, 0.15) is 11.4 Å². The number of pyridine rings is 1. The normalized spacial score (nSPS) is 13.9. The van der Waals surface area contributed by atoms with Crippen molar-refractivity contribution in [1.29, 1.82) is 0 Å². The summed E-state index contributed by atoms with van der Waals surface area (Å²) in [5.74, 6) is -0.840. The number of hydrogen-bond acceptors (Lipinski definition) is 4. The van der Waals surface area contributed by atoms with E-state index in [0.29, 0.717) is 23.5 Å². The van der Waals surface area contributed by atoms with E-state index >= 15 is 0 Å². The molecule has 7 heteroatoms. The average molecular weight is 276 g/mol. The lowest BCUT2D eigenvalue weighted by Crippen LogP contribution is -2.51. The minimum atomic E-state index is -1.28. The van der Waals surface area contributed by atoms with Gasteiger partial charge in [0.15, 0.2) is 5.65 Å². The Bertz CT molecular complexity index is 679. The number of nitrogens with one attached hydrogen (secondary N) is 1. The van der Waals surface area contributed by atoms with Crippen molar-refractivity contribution in [3.05, 3.63) is 29.7 Å². The van der Waals surface area contributed by atoms with Crippen LogP contribution in [0.2, 0.25) is 0 Å². The van der Waals surface area contributed by atoms with Crippen molar-refractivity contribution in [2.75, 3.05) is 0 Å². The summed E-state index contributed by atoms with van der Waals surface area (Å²) in [5.41, 5.74) is -0.286. The average Bonchev–Trinajstić information content (AvgIpc) is 2.79. The SMILES string of the molecule is CCC(C)(NC(=O)c1ccc2nnc(C)n2c1)C(=O)O. The third-order valence-electron chi connectivity index (χ3n) is 3.40. The molecule has 20 heavy (non-hydrogen) atoms. The molecule has 0 spiro atoms. The number of carbonyl (C=O) groups excluding carboxylic acids is 1. The molecule has 0 aromatic carbocycles. The van der Waals surface area contributed by atoms with Crippen molar-refractivity contribution >= 4 is 17.5 Å². The van der Waals surface area contributed by atoms with Gasteiger partial charge in [0, 0.05) is 6.20 Å². The van der Waals surface area contributed by atoms with Crippen molar-refractivity contribution in [2.24, 2.45) is 0 Å². The molecule has 0 aliphatic heterocycles. The van der Waals surface area contributed by atoms with Gasteiger partial charge in [0.05, 0.1) is 5.56 Å². The highest BCUT2D eigenvalue weighted by Crippen LogP contribution is 2.12. The highest BCUT2D eigenvalue weighted by Gasteiger charge is 2.33. The molecule has 0 aliphatic carbocycles. The lowest BCUT2D eigenvalue weighted by atomic mass is 9.99. The Morgan fingerprint density at radius 1 is 1.40 bits per heavy atom. The fourth-order valence-corrected chi connectivity index (χ4v) is 1.76. The van der Waals surface area contributed by atoms with E-state index in [1.807, 2.05) is 0 Å². The lowest BCUT2D eigenvalue weighted by Gasteiger charge is -2.24. The standard InChI is InChI=1S/C13H16N4O3/c1-4-13(3,12(19)20)14-11(18)9-5-6-10-16-15-8(2)17(10)7-9/h5-7H,4H2,1-3H3,(H,14,18)(H,19,20). The van der Waals surface area contributed by atoms with E-state index in [0.717, 1.165) is 0 Å². The Morgan fingerprint density at radius 2 is 2.10 bits per heavy atom. The number of fused-ring (bicyclic) bond motifs is 1. The van der Waals surface area contributed by atoms with E-state index in [1.54, 1.807) is 36.6 Å². The zero-order valence-electron chi connectivity index (χ0n) is 11.5. The van der Waals surface area contributed by atoms with Crippen LogP contribution in [0.15, 0.2) is 18.3 Å². The number of aromatic nitrogens is 3. The first kappa shape index (κ1) is 14.0. The molecular weight excluding hydrogens is 260 g/mol. The van der Waals surface area contributed by atoms with Gasteiger partial charge in [-0.1, -0.05) is 6.92 Å². The third-order valence-corrected chi connectivity index (χ3v) is 3.40. The number of amides is 1. The largest absolute Gasteiger partial charge is 0.480 e. The van der Waals surface area contributed by atoms with E-state index in [4.69, 9.17) is 0 Å². The number of carbonyl (C=O) groups is 2. The summed E-state index contributed by atoms with van der Waals surface area (Å²) in [5, 5.41) is 19.5. The van der Waals surface area contributed by atoms with Gasteiger partial charge in [-0.15, -0.1) is 10.2 Å². The summed E-state index contributed by atoms with van der Waals surface area (Å²) < 4.78 is 1.68. The van der Waals surface area contributed by atoms with E-state index < -0.39 is 17.4 Å². The molecule has 0 aliphatic rings. The summed E-state index contributed by atoms with van der Waals surface area (Å²) in [4.78, 5) is 23.4. The Hall–Kier alpha value is -2.44. The summed E-state index contributed by atoms with van der Waals surface area (Å²) >= 11 is 0. The highest BCUT2D eigenvalue weighted by atomic mass is 16.4. The molecule has 2 aromatic heterocycles. The van der Waals surface area contributed by atoms with Crippen LogP contribution < -0.4 is 5.32 Å². The number of carboxylic acid groups (broad SMARTS) is 1. The Balaban J connectivity index is 2.31. The number of hydrogen-bond donors (Lipinski definition) is 2. The Morgan fingerprint density at radius 3 is 2.70 bits per heavy atom. The van der Waals surface area contributed by atoms with Crippen molar-refractivity contribution in [2.45, 2.75) is 32.7 Å². The molecule has 7 nitrogen and oxygen atoms in total. The first-order valence-electron chi connectivity index (χ1n) is 6.24. The van der Waals surface area contributed by atoms with Crippen LogP contribution in [-0.4, -0.2) is 37.1 Å². The van der Waals surface area contributed by atoms with E-state index in [-0.39, 0.29) is 0 Å². The topological polar surface area (TPSA) is 96.6 Å². The van der Waals surface area contributed by atoms with Gasteiger partial charge in [0.2, 0.25) is 0 Å². The summed E-state index contributed by atoms with van der Waals surface area (Å²) in [6, 6.07) is 3.26. The summed E-state index contributed by atoms with van der Waals surface area (Å²) in [6.07, 6.45) is 1.89. The van der Waals surface area contributed by atoms with Crippen molar-refractivity contribution < 1.29 is 14.7 Å². The number of aliphatic carboxylic acids is 1. The molecular formula is C13H16N4O3. The Labute approximate surface area is 115 Å². The monoisotopic (exact) mass is 276 g/mol. The van der Waals surface area contributed by atoms with Crippen LogP contribution in [0, 0.1) is 6.92 Å². The van der Waals surface area contributed by atoms with Crippen LogP contribution >= 0.6 is 0 Å². The van der Waals surface area contributed by atoms with Gasteiger partial charge >= 0.3 is 5.97 Å². The van der Waals surface area contributed by atoms with Crippen LogP contribution in [0.4, 0.5) is 0 Å². The second-order valence-electron chi connectivity index (χ2n) is 4.84. The molecule has 2 aromatic rings. The van der Waals surface area contributed by atoms with Gasteiger partial charge in [-0.25, -0.2) is 4.79 Å². The third kappa shape index (κ3) is 2.34. The number of rotatable bonds is 4. The van der Waals surface area contributed by atoms with Crippen LogP contribution in [-0.2, 0) is 4.79 Å². The maximum atomic E-state index is 12.2. The van der Waals surface area contributed by atoms with Gasteiger partial charge < -0.3 is 10.4 Å².